The first-order chi connectivity index (χ1) is 18.8. The first-order valence-electron chi connectivity index (χ1n) is 12.2. The van der Waals surface area contributed by atoms with Crippen LogP contribution in [0.25, 0.3) is 16.9 Å². The molecule has 0 saturated heterocycles. The number of amides is 1. The summed E-state index contributed by atoms with van der Waals surface area (Å²) in [6.45, 7) is 1.05. The SMILES string of the molecule is Cc1c(C(N)=O)ccc(-c2cnc3c(NCCC(F)(F)F)cc(C(F)(F)c4cc(F)ccc4F)nn23)c1C1CC1. The Balaban J connectivity index is 1.72. The molecule has 40 heavy (non-hydrogen) atoms. The van der Waals surface area contributed by atoms with Crippen molar-refractivity contribution in [3.63, 3.8) is 0 Å². The van der Waals surface area contributed by atoms with E-state index in [1.807, 2.05) is 0 Å². The first-order valence-corrected chi connectivity index (χ1v) is 12.2. The summed E-state index contributed by atoms with van der Waals surface area (Å²) in [7, 11) is 0. The molecule has 13 heteroatoms. The third-order valence-electron chi connectivity index (χ3n) is 6.82. The van der Waals surface area contributed by atoms with Crippen molar-refractivity contribution in [2.24, 2.45) is 5.73 Å². The van der Waals surface area contributed by atoms with Crippen LogP contribution in [-0.4, -0.2) is 33.2 Å². The van der Waals surface area contributed by atoms with Gasteiger partial charge in [0.15, 0.2) is 5.65 Å². The van der Waals surface area contributed by atoms with Crippen molar-refractivity contribution < 1.29 is 35.5 Å². The minimum atomic E-state index is -4.52. The van der Waals surface area contributed by atoms with Crippen molar-refractivity contribution >= 4 is 17.2 Å². The van der Waals surface area contributed by atoms with E-state index in [2.05, 4.69) is 15.4 Å². The number of primary amides is 1. The van der Waals surface area contributed by atoms with E-state index in [0.717, 1.165) is 29.0 Å². The van der Waals surface area contributed by atoms with Gasteiger partial charge < -0.3 is 11.1 Å². The van der Waals surface area contributed by atoms with Crippen LogP contribution < -0.4 is 11.1 Å². The number of hydrogen-bond acceptors (Lipinski definition) is 4. The lowest BCUT2D eigenvalue weighted by molar-refractivity contribution is -0.131. The van der Waals surface area contributed by atoms with Gasteiger partial charge in [-0.1, -0.05) is 6.07 Å². The Morgan fingerprint density at radius 2 is 1.82 bits per heavy atom. The number of benzene rings is 2. The zero-order chi connectivity index (χ0) is 29.0. The van der Waals surface area contributed by atoms with Gasteiger partial charge in [-0.2, -0.15) is 27.1 Å². The zero-order valence-corrected chi connectivity index (χ0v) is 20.9. The Morgan fingerprint density at radius 1 is 1.10 bits per heavy atom. The van der Waals surface area contributed by atoms with E-state index in [4.69, 9.17) is 5.73 Å². The zero-order valence-electron chi connectivity index (χ0n) is 20.9. The van der Waals surface area contributed by atoms with Gasteiger partial charge >= 0.3 is 12.1 Å². The topological polar surface area (TPSA) is 85.3 Å². The monoisotopic (exact) mass is 565 g/mol. The molecule has 1 fully saturated rings. The number of carbonyl (C=O) groups is 1. The molecule has 1 amide bonds. The standard InChI is InChI=1S/C27H22F7N5O/c1-13-16(24(35)40)5-6-17(23(13)14-2-3-14)21-12-37-25-20(36-9-8-26(30,31)32)11-22(38-39(21)25)27(33,34)18-10-15(28)4-7-19(18)29/h4-7,10-12,14,36H,2-3,8-9H2,1H3,(H2,35,40). The number of nitrogens with zero attached hydrogens (tertiary/aromatic N) is 3. The average molecular weight is 565 g/mol. The van der Waals surface area contributed by atoms with Crippen LogP contribution >= 0.6 is 0 Å². The van der Waals surface area contributed by atoms with Crippen molar-refractivity contribution in [1.82, 2.24) is 14.6 Å². The fourth-order valence-electron chi connectivity index (χ4n) is 4.77. The van der Waals surface area contributed by atoms with Crippen LogP contribution in [0, 0.1) is 18.6 Å². The Labute approximate surface area is 223 Å². The lowest BCUT2D eigenvalue weighted by atomic mass is 9.92. The minimum Gasteiger partial charge on any atom is -0.382 e. The number of rotatable bonds is 8. The summed E-state index contributed by atoms with van der Waals surface area (Å²) in [6.07, 6.45) is -2.84. The third kappa shape index (κ3) is 5.07. The van der Waals surface area contributed by atoms with Crippen LogP contribution in [0.2, 0.25) is 0 Å². The highest BCUT2D eigenvalue weighted by Crippen LogP contribution is 2.47. The second-order valence-corrected chi connectivity index (χ2v) is 9.65. The average Bonchev–Trinajstić information content (AvgIpc) is 3.61. The van der Waals surface area contributed by atoms with Crippen LogP contribution in [0.4, 0.5) is 36.4 Å². The largest absolute Gasteiger partial charge is 0.390 e. The Hall–Kier alpha value is -4.16. The molecule has 1 saturated carbocycles. The molecule has 0 spiro atoms. The second kappa shape index (κ2) is 9.79. The number of aromatic nitrogens is 3. The maximum Gasteiger partial charge on any atom is 0.390 e. The van der Waals surface area contributed by atoms with Crippen molar-refractivity contribution in [2.45, 2.75) is 44.2 Å². The van der Waals surface area contributed by atoms with Gasteiger partial charge in [0.2, 0.25) is 5.91 Å². The molecule has 6 nitrogen and oxygen atoms in total. The Morgan fingerprint density at radius 3 is 2.48 bits per heavy atom. The first kappa shape index (κ1) is 27.4. The number of imidazole rings is 1. The lowest BCUT2D eigenvalue weighted by Crippen LogP contribution is -2.22. The maximum atomic E-state index is 15.7. The van der Waals surface area contributed by atoms with E-state index in [9.17, 15) is 26.7 Å². The van der Waals surface area contributed by atoms with Gasteiger partial charge in [0.25, 0.3) is 0 Å². The molecule has 0 unspecified atom stereocenters. The summed E-state index contributed by atoms with van der Waals surface area (Å²) in [4.78, 5) is 16.2. The molecule has 0 aliphatic heterocycles. The van der Waals surface area contributed by atoms with Gasteiger partial charge in [0.05, 0.1) is 29.6 Å². The highest BCUT2D eigenvalue weighted by molar-refractivity contribution is 5.95. The Kier molecular flexibility index (Phi) is 6.71. The maximum absolute atomic E-state index is 15.7. The van der Waals surface area contributed by atoms with Crippen molar-refractivity contribution in [2.75, 3.05) is 11.9 Å². The van der Waals surface area contributed by atoms with E-state index in [-0.39, 0.29) is 28.5 Å². The predicted molar refractivity (Wildman–Crippen MR) is 132 cm³/mol. The van der Waals surface area contributed by atoms with Crippen molar-refractivity contribution in [1.29, 1.82) is 0 Å². The summed E-state index contributed by atoms with van der Waals surface area (Å²) in [5, 5.41) is 6.50. The molecule has 5 rings (SSSR count). The van der Waals surface area contributed by atoms with E-state index in [1.54, 1.807) is 13.0 Å². The van der Waals surface area contributed by atoms with Crippen LogP contribution in [-0.2, 0) is 5.92 Å². The van der Waals surface area contributed by atoms with Gasteiger partial charge in [-0.3, -0.25) is 4.79 Å². The second-order valence-electron chi connectivity index (χ2n) is 9.65. The summed E-state index contributed by atoms with van der Waals surface area (Å²) in [5.74, 6) is -7.25. The highest BCUT2D eigenvalue weighted by atomic mass is 19.4. The number of anilines is 1. The molecule has 2 aromatic heterocycles. The summed E-state index contributed by atoms with van der Waals surface area (Å²) >= 11 is 0. The minimum absolute atomic E-state index is 0.0604. The van der Waals surface area contributed by atoms with Crippen molar-refractivity contribution in [3.8, 4) is 11.3 Å². The van der Waals surface area contributed by atoms with Gasteiger partial charge in [-0.25, -0.2) is 18.3 Å². The lowest BCUT2D eigenvalue weighted by Gasteiger charge is -2.20. The molecule has 4 aromatic rings. The van der Waals surface area contributed by atoms with Gasteiger partial charge in [0, 0.05) is 17.7 Å². The number of nitrogens with two attached hydrogens (primary N) is 1. The summed E-state index contributed by atoms with van der Waals surface area (Å²) < 4.78 is 99.0. The number of fused-ring (bicyclic) bond motifs is 1. The van der Waals surface area contributed by atoms with Crippen LogP contribution in [0.5, 0.6) is 0 Å². The molecular weight excluding hydrogens is 543 g/mol. The number of alkyl halides is 5. The van der Waals surface area contributed by atoms with Crippen LogP contribution in [0.3, 0.4) is 0 Å². The smallest absolute Gasteiger partial charge is 0.382 e. The molecular formula is C27H22F7N5O. The molecule has 0 bridgehead atoms. The fraction of sp³-hybridized carbons (Fsp3) is 0.296. The van der Waals surface area contributed by atoms with E-state index < -0.39 is 53.9 Å². The highest BCUT2D eigenvalue weighted by Gasteiger charge is 2.40. The number of halogens is 7. The molecule has 3 N–H and O–H groups in total. The fourth-order valence-corrected chi connectivity index (χ4v) is 4.77. The van der Waals surface area contributed by atoms with Crippen LogP contribution in [0.15, 0.2) is 42.6 Å². The quantitative estimate of drug-likeness (QED) is 0.240. The molecule has 210 valence electrons. The number of nitrogens with one attached hydrogen (secondary N) is 1. The molecule has 2 heterocycles. The van der Waals surface area contributed by atoms with E-state index in [0.29, 0.717) is 29.3 Å². The normalized spacial score (nSPS) is 14.1. The number of carbonyl (C=O) groups excluding carboxylic acids is 1. The van der Waals surface area contributed by atoms with Gasteiger partial charge in [-0.15, -0.1) is 0 Å². The van der Waals surface area contributed by atoms with E-state index in [1.165, 1.54) is 12.3 Å². The molecule has 1 aliphatic carbocycles. The van der Waals surface area contributed by atoms with Crippen molar-refractivity contribution in [3.05, 3.63) is 82.2 Å². The number of hydrogen-bond donors (Lipinski definition) is 2. The molecule has 1 aliphatic rings. The van der Waals surface area contributed by atoms with Crippen LogP contribution in [0.1, 0.15) is 57.9 Å². The summed E-state index contributed by atoms with van der Waals surface area (Å²) in [5.41, 5.74) is 5.28. The predicted octanol–water partition coefficient (Wildman–Crippen LogP) is 6.46. The molecule has 2 aromatic carbocycles. The van der Waals surface area contributed by atoms with Gasteiger partial charge in [0.1, 0.15) is 17.3 Å². The molecule has 0 radical (unpaired) electrons. The summed E-state index contributed by atoms with van der Waals surface area (Å²) in [6, 6.07) is 5.41. The van der Waals surface area contributed by atoms with E-state index >= 15 is 8.78 Å². The van der Waals surface area contributed by atoms with Gasteiger partial charge in [-0.05, 0) is 67.1 Å². The third-order valence-corrected chi connectivity index (χ3v) is 6.82. The molecule has 0 atom stereocenters. The Bertz CT molecular complexity index is 1630.